The van der Waals surface area contributed by atoms with Gasteiger partial charge >= 0.3 is 12.1 Å². The van der Waals surface area contributed by atoms with Crippen molar-refractivity contribution >= 4 is 23.7 Å². The fourth-order valence-electron chi connectivity index (χ4n) is 3.19. The Morgan fingerprint density at radius 2 is 1.63 bits per heavy atom. The maximum absolute atomic E-state index is 12.7. The predicted molar refractivity (Wildman–Crippen MR) is 120 cm³/mol. The number of hydrogen-bond acceptors (Lipinski definition) is 6. The highest BCUT2D eigenvalue weighted by Crippen LogP contribution is 2.43. The van der Waals surface area contributed by atoms with Crippen LogP contribution in [0, 0.1) is 20.8 Å². The lowest BCUT2D eigenvalue weighted by Gasteiger charge is -2.36. The van der Waals surface area contributed by atoms with E-state index in [0.717, 1.165) is 22.3 Å². The van der Waals surface area contributed by atoms with E-state index < -0.39 is 17.7 Å². The Morgan fingerprint density at radius 3 is 2.14 bits per heavy atom. The molecule has 1 aliphatic rings. The van der Waals surface area contributed by atoms with Crippen LogP contribution in [0.3, 0.4) is 0 Å². The lowest BCUT2D eigenvalue weighted by molar-refractivity contribution is -0.192. The number of amides is 2. The maximum atomic E-state index is 12.7. The summed E-state index contributed by atoms with van der Waals surface area (Å²) in [6.07, 6.45) is -3.96. The molecule has 1 aromatic rings. The zero-order chi connectivity index (χ0) is 27.1. The molecular formula is C21H30F3N5O6. The highest BCUT2D eigenvalue weighted by atomic mass is 19.4. The molecule has 1 aromatic carbocycles. The summed E-state index contributed by atoms with van der Waals surface area (Å²) in [5, 5.41) is 22.8. The quantitative estimate of drug-likeness (QED) is 0.183. The van der Waals surface area contributed by atoms with E-state index in [9.17, 15) is 27.9 Å². The number of halogens is 3. The lowest BCUT2D eigenvalue weighted by Crippen LogP contribution is -2.52. The first-order valence-electron chi connectivity index (χ1n) is 10.4. The van der Waals surface area contributed by atoms with Gasteiger partial charge in [-0.1, -0.05) is 0 Å². The predicted octanol–water partition coefficient (Wildman–Crippen LogP) is 0.540. The molecule has 2 rings (SSSR count). The van der Waals surface area contributed by atoms with Crippen LogP contribution in [0.15, 0.2) is 4.99 Å². The third-order valence-electron chi connectivity index (χ3n) is 5.38. The van der Waals surface area contributed by atoms with E-state index in [4.69, 9.17) is 26.1 Å². The van der Waals surface area contributed by atoms with Crippen LogP contribution in [0.4, 0.5) is 13.2 Å². The number of hydrogen-bond donors (Lipinski definition) is 6. The normalized spacial score (nSPS) is 16.5. The third-order valence-corrected chi connectivity index (χ3v) is 5.38. The number of nitrogens with zero attached hydrogens (tertiary/aromatic N) is 1. The van der Waals surface area contributed by atoms with Crippen LogP contribution in [0.5, 0.6) is 11.5 Å². The van der Waals surface area contributed by atoms with E-state index in [0.29, 0.717) is 18.6 Å². The zero-order valence-electron chi connectivity index (χ0n) is 19.8. The minimum atomic E-state index is -5.08. The molecule has 196 valence electrons. The maximum Gasteiger partial charge on any atom is 0.490 e. The number of aliphatic carboxylic acids is 1. The van der Waals surface area contributed by atoms with Crippen molar-refractivity contribution in [2.45, 2.75) is 52.3 Å². The first kappa shape index (κ1) is 29.3. The number of aliphatic imine (C=N–C) groups is 1. The fraction of sp³-hybridized carbons (Fsp3) is 0.524. The van der Waals surface area contributed by atoms with Crippen molar-refractivity contribution in [2.24, 2.45) is 16.5 Å². The molecule has 0 saturated carbocycles. The molecule has 0 fully saturated rings. The Bertz CT molecular complexity index is 1010. The second-order valence-electron chi connectivity index (χ2n) is 8.01. The molecule has 2 amide bonds. The summed E-state index contributed by atoms with van der Waals surface area (Å²) in [6, 6.07) is 0. The number of carboxylic acids is 1. The highest BCUT2D eigenvalue weighted by Gasteiger charge is 2.40. The first-order valence-corrected chi connectivity index (χ1v) is 10.4. The number of nitrogens with two attached hydrogens (primary N) is 2. The van der Waals surface area contributed by atoms with Gasteiger partial charge in [-0.25, -0.2) is 9.79 Å². The number of fused-ring (bicyclic) bond motifs is 1. The van der Waals surface area contributed by atoms with Gasteiger partial charge < -0.3 is 37.1 Å². The summed E-state index contributed by atoms with van der Waals surface area (Å²) in [5.41, 5.74) is 12.6. The molecule has 1 unspecified atom stereocenters. The molecule has 0 aliphatic carbocycles. The molecule has 14 heteroatoms. The first-order chi connectivity index (χ1) is 16.0. The average molecular weight is 505 g/mol. The van der Waals surface area contributed by atoms with Gasteiger partial charge in [0, 0.05) is 25.1 Å². The van der Waals surface area contributed by atoms with Crippen molar-refractivity contribution in [3.05, 3.63) is 22.3 Å². The van der Waals surface area contributed by atoms with Gasteiger partial charge in [-0.2, -0.15) is 13.2 Å². The highest BCUT2D eigenvalue weighted by molar-refractivity contribution is 5.86. The molecule has 0 bridgehead atoms. The van der Waals surface area contributed by atoms with Crippen molar-refractivity contribution in [2.75, 3.05) is 19.6 Å². The van der Waals surface area contributed by atoms with Crippen molar-refractivity contribution in [1.82, 2.24) is 10.6 Å². The monoisotopic (exact) mass is 505 g/mol. The van der Waals surface area contributed by atoms with E-state index in [1.54, 1.807) is 6.92 Å². The fourth-order valence-corrected chi connectivity index (χ4v) is 3.19. The smallest absolute Gasteiger partial charge is 0.490 e. The van der Waals surface area contributed by atoms with Gasteiger partial charge in [0.15, 0.2) is 11.6 Å². The molecule has 0 saturated heterocycles. The number of phenols is 1. The van der Waals surface area contributed by atoms with Gasteiger partial charge in [0.2, 0.25) is 5.91 Å². The van der Waals surface area contributed by atoms with Crippen LogP contribution in [0.2, 0.25) is 0 Å². The van der Waals surface area contributed by atoms with Gasteiger partial charge in [0.1, 0.15) is 18.0 Å². The van der Waals surface area contributed by atoms with E-state index in [2.05, 4.69) is 15.6 Å². The number of nitrogens with one attached hydrogen (secondary N) is 2. The second kappa shape index (κ2) is 11.6. The van der Waals surface area contributed by atoms with Crippen LogP contribution < -0.4 is 26.8 Å². The van der Waals surface area contributed by atoms with Crippen LogP contribution in [0.25, 0.3) is 0 Å². The second-order valence-corrected chi connectivity index (χ2v) is 8.01. The number of aromatic hydroxyl groups is 1. The molecule has 1 atom stereocenters. The summed E-state index contributed by atoms with van der Waals surface area (Å²) < 4.78 is 37.9. The van der Waals surface area contributed by atoms with Crippen molar-refractivity contribution in [3.63, 3.8) is 0 Å². The number of benzene rings is 1. The molecule has 1 heterocycles. The van der Waals surface area contributed by atoms with Gasteiger partial charge in [0.25, 0.3) is 5.91 Å². The van der Waals surface area contributed by atoms with Gasteiger partial charge in [-0.05, 0) is 50.8 Å². The number of alkyl halides is 3. The topological polar surface area (TPSA) is 189 Å². The van der Waals surface area contributed by atoms with E-state index in [-0.39, 0.29) is 43.2 Å². The molecule has 8 N–H and O–H groups in total. The standard InChI is InChI=1S/C19H29N5O4.C2HF3O2/c1-10-11(2)16-13(12(3)15(10)26)5-6-19(4,28-16)17(27)23-8-7-22-14(25)9-24-18(20)21;3-2(4,5)1(6)7/h26H,5-9H2,1-4H3,(H,22,25)(H,23,27)(H4,20,21,24);(H,6,7). The summed E-state index contributed by atoms with van der Waals surface area (Å²) in [4.78, 5) is 36.7. The minimum absolute atomic E-state index is 0.153. The average Bonchev–Trinajstić information content (AvgIpc) is 2.77. The Morgan fingerprint density at radius 1 is 1.09 bits per heavy atom. The number of guanidine groups is 1. The van der Waals surface area contributed by atoms with E-state index >= 15 is 0 Å². The number of carbonyl (C=O) groups excluding carboxylic acids is 2. The lowest BCUT2D eigenvalue weighted by atomic mass is 9.86. The van der Waals surface area contributed by atoms with Crippen LogP contribution in [-0.4, -0.2) is 65.4 Å². The zero-order valence-corrected chi connectivity index (χ0v) is 19.8. The van der Waals surface area contributed by atoms with Crippen LogP contribution >= 0.6 is 0 Å². The largest absolute Gasteiger partial charge is 0.507 e. The number of ether oxygens (including phenoxy) is 1. The van der Waals surface area contributed by atoms with Gasteiger partial charge in [-0.3, -0.25) is 9.59 Å². The van der Waals surface area contributed by atoms with Crippen LogP contribution in [-0.2, 0) is 20.8 Å². The molecule has 11 nitrogen and oxygen atoms in total. The summed E-state index contributed by atoms with van der Waals surface area (Å²) >= 11 is 0. The minimum Gasteiger partial charge on any atom is -0.507 e. The SMILES string of the molecule is Cc1c(C)c2c(c(C)c1O)CCC(C)(C(=O)NCCNC(=O)CN=C(N)N)O2.O=C(O)C(F)(F)F. The Labute approximate surface area is 199 Å². The summed E-state index contributed by atoms with van der Waals surface area (Å²) in [6.45, 7) is 7.67. The number of carboxylic acid groups (broad SMARTS) is 1. The van der Waals surface area contributed by atoms with Crippen LogP contribution in [0.1, 0.15) is 35.6 Å². The van der Waals surface area contributed by atoms with Gasteiger partial charge in [-0.15, -0.1) is 0 Å². The van der Waals surface area contributed by atoms with E-state index in [1.165, 1.54) is 0 Å². The molecule has 0 aromatic heterocycles. The molecule has 0 radical (unpaired) electrons. The van der Waals surface area contributed by atoms with Gasteiger partial charge in [0.05, 0.1) is 0 Å². The van der Waals surface area contributed by atoms with E-state index in [1.807, 2.05) is 20.8 Å². The summed E-state index contributed by atoms with van der Waals surface area (Å²) in [5.74, 6) is -2.54. The molecule has 0 spiro atoms. The number of rotatable bonds is 6. The summed E-state index contributed by atoms with van der Waals surface area (Å²) in [7, 11) is 0. The Balaban J connectivity index is 0.000000762. The third kappa shape index (κ3) is 7.93. The number of carbonyl (C=O) groups is 3. The Hall–Kier alpha value is -3.71. The number of phenolic OH excluding ortho intramolecular Hbond substituents is 1. The van der Waals surface area contributed by atoms with Crippen molar-refractivity contribution in [1.29, 1.82) is 0 Å². The van der Waals surface area contributed by atoms with Crippen molar-refractivity contribution < 1.29 is 42.5 Å². The molecule has 1 aliphatic heterocycles. The molecular weight excluding hydrogens is 475 g/mol. The Kier molecular flexibility index (Phi) is 9.73. The van der Waals surface area contributed by atoms with Crippen molar-refractivity contribution in [3.8, 4) is 11.5 Å². The molecule has 35 heavy (non-hydrogen) atoms.